The van der Waals surface area contributed by atoms with E-state index in [9.17, 15) is 23.1 Å². The number of likely N-dealkylation sites (tertiary alicyclic amines) is 1. The average molecular weight is 655 g/mol. The van der Waals surface area contributed by atoms with Crippen LogP contribution in [0.15, 0.2) is 54.6 Å². The van der Waals surface area contributed by atoms with Crippen LogP contribution in [-0.2, 0) is 11.2 Å². The number of halogens is 4. The maximum Gasteiger partial charge on any atom is 0.300 e. The van der Waals surface area contributed by atoms with E-state index in [1.54, 1.807) is 6.07 Å². The summed E-state index contributed by atoms with van der Waals surface area (Å²) in [5, 5.41) is 23.9. The number of carboxylic acids is 1. The Morgan fingerprint density at radius 2 is 1.67 bits per heavy atom. The summed E-state index contributed by atoms with van der Waals surface area (Å²) in [6, 6.07) is 14.5. The SMILES string of the molecule is CC(=O)O.Cc1ccc(CCNCC2(O)CN(C(=O)c3ccc(F)c(F)c3Nc3ccc(I)cc3F)C2)cc1. The second-order valence-electron chi connectivity index (χ2n) is 9.35. The molecule has 0 unspecified atom stereocenters. The molecule has 0 aliphatic carbocycles. The van der Waals surface area contributed by atoms with E-state index >= 15 is 0 Å². The molecule has 4 rings (SSSR count). The molecule has 1 aliphatic rings. The van der Waals surface area contributed by atoms with Gasteiger partial charge in [-0.1, -0.05) is 29.8 Å². The fourth-order valence-electron chi connectivity index (χ4n) is 3.98. The number of hydrogen-bond donors (Lipinski definition) is 4. The molecule has 1 saturated heterocycles. The summed E-state index contributed by atoms with van der Waals surface area (Å²) < 4.78 is 43.5. The van der Waals surface area contributed by atoms with Gasteiger partial charge in [0.1, 0.15) is 11.4 Å². The Labute approximate surface area is 238 Å². The molecule has 1 amide bonds. The number of nitrogens with one attached hydrogen (secondary N) is 2. The van der Waals surface area contributed by atoms with Crippen molar-refractivity contribution in [3.8, 4) is 0 Å². The summed E-state index contributed by atoms with van der Waals surface area (Å²) in [4.78, 5) is 23.4. The van der Waals surface area contributed by atoms with Crippen LogP contribution < -0.4 is 10.6 Å². The fourth-order valence-corrected chi connectivity index (χ4v) is 4.43. The number of benzene rings is 3. The molecule has 1 fully saturated rings. The fraction of sp³-hybridized carbons (Fsp3) is 0.286. The van der Waals surface area contributed by atoms with Crippen molar-refractivity contribution in [2.45, 2.75) is 25.9 Å². The van der Waals surface area contributed by atoms with Gasteiger partial charge in [-0.15, -0.1) is 0 Å². The molecule has 11 heteroatoms. The molecule has 39 heavy (non-hydrogen) atoms. The molecule has 3 aromatic rings. The number of aliphatic hydroxyl groups is 1. The Morgan fingerprint density at radius 1 is 1.03 bits per heavy atom. The maximum atomic E-state index is 14.6. The Bertz CT molecular complexity index is 1330. The number of nitrogens with zero attached hydrogens (tertiary/aromatic N) is 1. The molecule has 1 heterocycles. The zero-order chi connectivity index (χ0) is 28.7. The number of anilines is 2. The van der Waals surface area contributed by atoms with Crippen molar-refractivity contribution >= 4 is 45.8 Å². The predicted octanol–water partition coefficient (Wildman–Crippen LogP) is 4.87. The van der Waals surface area contributed by atoms with Crippen LogP contribution >= 0.6 is 22.6 Å². The van der Waals surface area contributed by atoms with Gasteiger partial charge in [-0.2, -0.15) is 0 Å². The van der Waals surface area contributed by atoms with Crippen LogP contribution in [0.3, 0.4) is 0 Å². The number of carbonyl (C=O) groups is 2. The minimum atomic E-state index is -1.28. The predicted molar refractivity (Wildman–Crippen MR) is 151 cm³/mol. The van der Waals surface area contributed by atoms with Crippen LogP contribution in [0.4, 0.5) is 24.5 Å². The monoisotopic (exact) mass is 655 g/mol. The quantitative estimate of drug-likeness (QED) is 0.204. The van der Waals surface area contributed by atoms with Crippen LogP contribution in [-0.4, -0.2) is 58.8 Å². The van der Waals surface area contributed by atoms with E-state index in [0.29, 0.717) is 16.7 Å². The highest BCUT2D eigenvalue weighted by Crippen LogP contribution is 2.31. The van der Waals surface area contributed by atoms with E-state index in [1.165, 1.54) is 28.2 Å². The topological polar surface area (TPSA) is 102 Å². The molecule has 0 aromatic heterocycles. The van der Waals surface area contributed by atoms with Gasteiger partial charge in [0.15, 0.2) is 11.6 Å². The first-order valence-corrected chi connectivity index (χ1v) is 13.1. The highest BCUT2D eigenvalue weighted by atomic mass is 127. The first-order valence-electron chi connectivity index (χ1n) is 12.1. The number of hydrogen-bond acceptors (Lipinski definition) is 5. The first-order chi connectivity index (χ1) is 18.4. The zero-order valence-corrected chi connectivity index (χ0v) is 23.6. The number of aryl methyl sites for hydroxylation is 1. The van der Waals surface area contributed by atoms with Gasteiger partial charge in [0.25, 0.3) is 11.9 Å². The highest BCUT2D eigenvalue weighted by Gasteiger charge is 2.44. The molecule has 4 N–H and O–H groups in total. The largest absolute Gasteiger partial charge is 0.481 e. The maximum absolute atomic E-state index is 14.6. The van der Waals surface area contributed by atoms with Crippen molar-refractivity contribution in [2.24, 2.45) is 0 Å². The molecule has 0 atom stereocenters. The Morgan fingerprint density at radius 3 is 2.28 bits per heavy atom. The van der Waals surface area contributed by atoms with E-state index in [1.807, 2.05) is 41.6 Å². The van der Waals surface area contributed by atoms with E-state index in [2.05, 4.69) is 22.8 Å². The molecule has 7 nitrogen and oxygen atoms in total. The van der Waals surface area contributed by atoms with Crippen molar-refractivity contribution in [3.63, 3.8) is 0 Å². The lowest BCUT2D eigenvalue weighted by Gasteiger charge is -2.46. The lowest BCUT2D eigenvalue weighted by molar-refractivity contribution is -0.134. The molecule has 0 saturated carbocycles. The molecule has 3 aromatic carbocycles. The molecular weight excluding hydrogens is 626 g/mol. The van der Waals surface area contributed by atoms with Crippen LogP contribution in [0.1, 0.15) is 28.4 Å². The minimum absolute atomic E-state index is 0.0414. The van der Waals surface area contributed by atoms with Crippen molar-refractivity contribution in [2.75, 3.05) is 31.5 Å². The number of carbonyl (C=O) groups excluding carboxylic acids is 1. The van der Waals surface area contributed by atoms with Gasteiger partial charge >= 0.3 is 0 Å². The van der Waals surface area contributed by atoms with Crippen molar-refractivity contribution in [1.82, 2.24) is 10.2 Å². The van der Waals surface area contributed by atoms with Gasteiger partial charge in [-0.3, -0.25) is 9.59 Å². The van der Waals surface area contributed by atoms with Crippen molar-refractivity contribution in [3.05, 3.63) is 92.3 Å². The van der Waals surface area contributed by atoms with Crippen LogP contribution in [0.5, 0.6) is 0 Å². The lowest BCUT2D eigenvalue weighted by atomic mass is 9.92. The first kappa shape index (κ1) is 30.4. The third kappa shape index (κ3) is 8.41. The van der Waals surface area contributed by atoms with Crippen molar-refractivity contribution in [1.29, 1.82) is 0 Å². The van der Waals surface area contributed by atoms with Gasteiger partial charge in [0, 0.05) is 17.0 Å². The highest BCUT2D eigenvalue weighted by molar-refractivity contribution is 14.1. The van der Waals surface area contributed by atoms with Crippen LogP contribution in [0, 0.1) is 27.9 Å². The summed E-state index contributed by atoms with van der Waals surface area (Å²) in [5.74, 6) is -4.51. The van der Waals surface area contributed by atoms with E-state index in [-0.39, 0.29) is 24.3 Å². The molecule has 1 aliphatic heterocycles. The number of amides is 1. The number of aliphatic carboxylic acids is 1. The smallest absolute Gasteiger partial charge is 0.300 e. The summed E-state index contributed by atoms with van der Waals surface area (Å²) in [6.07, 6.45) is 0.804. The average Bonchev–Trinajstić information content (AvgIpc) is 2.85. The standard InChI is InChI=1S/C26H25F3IN3O2.C2H4O2/c1-16-2-4-17(5-3-16)10-11-31-13-26(35)14-33(15-26)25(34)19-7-8-20(27)23(29)24(19)32-22-9-6-18(30)12-21(22)28;1-2(3)4/h2-9,12,31-32,35H,10-11,13-15H2,1H3;1H3,(H,3,4). The van der Waals surface area contributed by atoms with Gasteiger partial charge in [-0.25, -0.2) is 13.2 Å². The summed E-state index contributed by atoms with van der Waals surface area (Å²) in [6.45, 7) is 4.15. The Hall–Kier alpha value is -3.16. The molecule has 0 bridgehead atoms. The third-order valence-electron chi connectivity index (χ3n) is 5.94. The third-order valence-corrected chi connectivity index (χ3v) is 6.61. The molecule has 208 valence electrons. The van der Waals surface area contributed by atoms with E-state index in [0.717, 1.165) is 25.5 Å². The molecule has 0 radical (unpaired) electrons. The summed E-state index contributed by atoms with van der Waals surface area (Å²) >= 11 is 1.93. The number of carboxylic acid groups (broad SMARTS) is 1. The molecule has 0 spiro atoms. The van der Waals surface area contributed by atoms with Crippen LogP contribution in [0.2, 0.25) is 0 Å². The van der Waals surface area contributed by atoms with E-state index in [4.69, 9.17) is 9.90 Å². The Balaban J connectivity index is 0.000000983. The van der Waals surface area contributed by atoms with Gasteiger partial charge in [0.2, 0.25) is 0 Å². The molecular formula is C28H29F3IN3O4. The van der Waals surface area contributed by atoms with E-state index < -0.39 is 40.6 Å². The zero-order valence-electron chi connectivity index (χ0n) is 21.4. The second kappa shape index (κ2) is 13.3. The van der Waals surface area contributed by atoms with Gasteiger partial charge in [-0.05, 0) is 78.4 Å². The van der Waals surface area contributed by atoms with Crippen LogP contribution in [0.25, 0.3) is 0 Å². The minimum Gasteiger partial charge on any atom is -0.481 e. The lowest BCUT2D eigenvalue weighted by Crippen LogP contribution is -2.67. The number of rotatable bonds is 8. The van der Waals surface area contributed by atoms with Gasteiger partial charge in [0.05, 0.1) is 30.0 Å². The van der Waals surface area contributed by atoms with Gasteiger partial charge < -0.3 is 25.7 Å². The summed E-state index contributed by atoms with van der Waals surface area (Å²) in [5.41, 5.74) is 0.596. The van der Waals surface area contributed by atoms with Crippen molar-refractivity contribution < 1.29 is 33.0 Å². The normalized spacial score (nSPS) is 13.7. The second-order valence-corrected chi connectivity index (χ2v) is 10.6. The summed E-state index contributed by atoms with van der Waals surface area (Å²) in [7, 11) is 0. The number of β-amino-alcohol motifs (C(OH)–C–C–N with tert-alkyl or cyclic N) is 1. The Kier molecular flexibility index (Phi) is 10.3.